The Morgan fingerprint density at radius 1 is 1.00 bits per heavy atom. The zero-order valence-corrected chi connectivity index (χ0v) is 18.1. The van der Waals surface area contributed by atoms with Gasteiger partial charge in [0, 0.05) is 12.7 Å². The van der Waals surface area contributed by atoms with Crippen molar-refractivity contribution >= 4 is 23.1 Å². The highest BCUT2D eigenvalue weighted by Crippen LogP contribution is 2.38. The summed E-state index contributed by atoms with van der Waals surface area (Å²) in [5.41, 5.74) is 2.46. The molecule has 0 radical (unpaired) electrons. The Labute approximate surface area is 183 Å². The molecule has 1 aromatic carbocycles. The number of nitrogens with zero attached hydrogens (tertiary/aromatic N) is 4. The fourth-order valence-corrected chi connectivity index (χ4v) is 3.77. The first-order valence-electron chi connectivity index (χ1n) is 11.0. The van der Waals surface area contributed by atoms with E-state index in [0.717, 1.165) is 61.7 Å². The van der Waals surface area contributed by atoms with E-state index in [1.165, 1.54) is 5.01 Å². The van der Waals surface area contributed by atoms with E-state index in [9.17, 15) is 4.79 Å². The number of hydrogen-bond donors (Lipinski definition) is 0. The van der Waals surface area contributed by atoms with Crippen LogP contribution in [0.3, 0.4) is 0 Å². The predicted octanol–water partition coefficient (Wildman–Crippen LogP) is 5.44. The van der Waals surface area contributed by atoms with E-state index in [4.69, 9.17) is 4.74 Å². The maximum Gasteiger partial charge on any atom is 0.282 e. The van der Waals surface area contributed by atoms with E-state index in [0.29, 0.717) is 11.4 Å². The van der Waals surface area contributed by atoms with Crippen molar-refractivity contribution in [2.24, 2.45) is 5.10 Å². The smallest absolute Gasteiger partial charge is 0.282 e. The third-order valence-electron chi connectivity index (χ3n) is 5.31. The van der Waals surface area contributed by atoms with Crippen molar-refractivity contribution in [3.8, 4) is 5.75 Å². The van der Waals surface area contributed by atoms with Crippen LogP contribution in [-0.2, 0) is 4.79 Å². The lowest BCUT2D eigenvalue weighted by atomic mass is 10.0. The molecule has 0 saturated heterocycles. The second-order valence-corrected chi connectivity index (χ2v) is 7.62. The normalized spacial score (nSPS) is 18.0. The second kappa shape index (κ2) is 9.60. The number of ether oxygens (including phenoxy) is 1. The van der Waals surface area contributed by atoms with Crippen LogP contribution in [0.4, 0.5) is 11.5 Å². The van der Waals surface area contributed by atoms with Gasteiger partial charge in [-0.3, -0.25) is 4.79 Å². The van der Waals surface area contributed by atoms with Crippen molar-refractivity contribution < 1.29 is 9.53 Å². The number of aromatic nitrogens is 1. The largest absolute Gasteiger partial charge is 0.439 e. The SMILES string of the molecule is CCCCCC1=NN(c2ccccn2)C(=O)/C1=C/C=C1/Oc2ccccc2N1CCC. The molecule has 1 amide bonds. The summed E-state index contributed by atoms with van der Waals surface area (Å²) < 4.78 is 6.08. The second-order valence-electron chi connectivity index (χ2n) is 7.62. The third-order valence-corrected chi connectivity index (χ3v) is 5.31. The first kappa shape index (κ1) is 20.8. The van der Waals surface area contributed by atoms with Crippen LogP contribution in [0.25, 0.3) is 0 Å². The lowest BCUT2D eigenvalue weighted by molar-refractivity contribution is -0.114. The van der Waals surface area contributed by atoms with E-state index < -0.39 is 0 Å². The number of unbranched alkanes of at least 4 members (excludes halogenated alkanes) is 2. The summed E-state index contributed by atoms with van der Waals surface area (Å²) in [5.74, 6) is 1.95. The molecular formula is C25H28N4O2. The number of hydrazone groups is 1. The van der Waals surface area contributed by atoms with Gasteiger partial charge in [0.05, 0.1) is 17.0 Å². The summed E-state index contributed by atoms with van der Waals surface area (Å²) in [5, 5.41) is 6.02. The van der Waals surface area contributed by atoms with E-state index in [-0.39, 0.29) is 5.91 Å². The average molecular weight is 417 g/mol. The van der Waals surface area contributed by atoms with E-state index >= 15 is 0 Å². The molecule has 2 aromatic rings. The Kier molecular flexibility index (Phi) is 6.46. The number of hydrogen-bond acceptors (Lipinski definition) is 5. The lowest BCUT2D eigenvalue weighted by Gasteiger charge is -2.16. The lowest BCUT2D eigenvalue weighted by Crippen LogP contribution is -2.22. The average Bonchev–Trinajstić information content (AvgIpc) is 3.31. The monoisotopic (exact) mass is 416 g/mol. The first-order valence-corrected chi connectivity index (χ1v) is 11.0. The summed E-state index contributed by atoms with van der Waals surface area (Å²) >= 11 is 0. The van der Waals surface area contributed by atoms with Crippen LogP contribution in [0.5, 0.6) is 5.75 Å². The molecule has 0 fully saturated rings. The van der Waals surface area contributed by atoms with Crippen LogP contribution in [0.15, 0.2) is 77.4 Å². The van der Waals surface area contributed by atoms with Gasteiger partial charge in [0.25, 0.3) is 5.91 Å². The minimum atomic E-state index is -0.153. The highest BCUT2D eigenvalue weighted by molar-refractivity contribution is 6.30. The molecule has 2 aliphatic heterocycles. The van der Waals surface area contributed by atoms with Gasteiger partial charge in [-0.2, -0.15) is 10.1 Å². The van der Waals surface area contributed by atoms with Gasteiger partial charge in [-0.05, 0) is 55.7 Å². The quantitative estimate of drug-likeness (QED) is 0.425. The zero-order chi connectivity index (χ0) is 21.6. The van der Waals surface area contributed by atoms with Gasteiger partial charge in [0.15, 0.2) is 11.6 Å². The van der Waals surface area contributed by atoms with Crippen molar-refractivity contribution in [1.29, 1.82) is 0 Å². The molecular weight excluding hydrogens is 388 g/mol. The molecule has 31 heavy (non-hydrogen) atoms. The first-order chi connectivity index (χ1) is 15.2. The third kappa shape index (κ3) is 4.38. The topological polar surface area (TPSA) is 58.0 Å². The van der Waals surface area contributed by atoms with Crippen LogP contribution < -0.4 is 14.6 Å². The fourth-order valence-electron chi connectivity index (χ4n) is 3.77. The molecule has 0 spiro atoms. The van der Waals surface area contributed by atoms with Crippen molar-refractivity contribution in [2.75, 3.05) is 16.5 Å². The zero-order valence-electron chi connectivity index (χ0n) is 18.1. The molecule has 6 heteroatoms. The molecule has 0 unspecified atom stereocenters. The van der Waals surface area contributed by atoms with Gasteiger partial charge in [-0.25, -0.2) is 4.98 Å². The maximum atomic E-state index is 13.2. The van der Waals surface area contributed by atoms with Gasteiger partial charge >= 0.3 is 0 Å². The number of amides is 1. The van der Waals surface area contributed by atoms with Gasteiger partial charge in [0.2, 0.25) is 5.88 Å². The summed E-state index contributed by atoms with van der Waals surface area (Å²) in [7, 11) is 0. The van der Waals surface area contributed by atoms with E-state index in [2.05, 4.69) is 34.9 Å². The van der Waals surface area contributed by atoms with Gasteiger partial charge in [0.1, 0.15) is 0 Å². The number of carbonyl (C=O) groups excluding carboxylic acids is 1. The number of para-hydroxylation sites is 2. The van der Waals surface area contributed by atoms with Crippen molar-refractivity contribution in [3.63, 3.8) is 0 Å². The van der Waals surface area contributed by atoms with Crippen molar-refractivity contribution in [2.45, 2.75) is 46.0 Å². The Balaban J connectivity index is 1.64. The van der Waals surface area contributed by atoms with Crippen molar-refractivity contribution in [3.05, 3.63) is 72.3 Å². The molecule has 2 aliphatic rings. The molecule has 6 nitrogen and oxygen atoms in total. The van der Waals surface area contributed by atoms with Crippen molar-refractivity contribution in [1.82, 2.24) is 4.98 Å². The molecule has 0 bridgehead atoms. The Bertz CT molecular complexity index is 1030. The molecule has 160 valence electrons. The number of benzene rings is 1. The number of rotatable bonds is 8. The minimum Gasteiger partial charge on any atom is -0.439 e. The molecule has 1 aromatic heterocycles. The van der Waals surface area contributed by atoms with Gasteiger partial charge in [-0.1, -0.05) is 44.9 Å². The highest BCUT2D eigenvalue weighted by Gasteiger charge is 2.31. The minimum absolute atomic E-state index is 0.153. The molecule has 0 aliphatic carbocycles. The van der Waals surface area contributed by atoms with Crippen LogP contribution in [0, 0.1) is 0 Å². The Morgan fingerprint density at radius 2 is 1.84 bits per heavy atom. The summed E-state index contributed by atoms with van der Waals surface area (Å²) in [6.45, 7) is 5.15. The van der Waals surface area contributed by atoms with Crippen LogP contribution in [0.2, 0.25) is 0 Å². The van der Waals surface area contributed by atoms with Crippen LogP contribution in [0.1, 0.15) is 46.0 Å². The Morgan fingerprint density at radius 3 is 2.61 bits per heavy atom. The predicted molar refractivity (Wildman–Crippen MR) is 124 cm³/mol. The van der Waals surface area contributed by atoms with E-state index in [1.807, 2.05) is 42.5 Å². The highest BCUT2D eigenvalue weighted by atomic mass is 16.5. The number of anilines is 2. The maximum absolute atomic E-state index is 13.2. The van der Waals surface area contributed by atoms with Gasteiger partial charge < -0.3 is 9.64 Å². The molecule has 0 N–H and O–H groups in total. The molecule has 0 atom stereocenters. The molecule has 0 saturated carbocycles. The summed E-state index contributed by atoms with van der Waals surface area (Å²) in [6.07, 6.45) is 10.4. The molecule has 3 heterocycles. The number of pyridine rings is 1. The summed E-state index contributed by atoms with van der Waals surface area (Å²) in [6, 6.07) is 13.5. The fraction of sp³-hybridized carbons (Fsp3) is 0.320. The number of fused-ring (bicyclic) bond motifs is 1. The molecule has 4 rings (SSSR count). The van der Waals surface area contributed by atoms with Gasteiger partial charge in [-0.15, -0.1) is 0 Å². The van der Waals surface area contributed by atoms with Crippen LogP contribution in [-0.4, -0.2) is 23.1 Å². The number of carbonyl (C=O) groups is 1. The summed E-state index contributed by atoms with van der Waals surface area (Å²) in [4.78, 5) is 19.6. The number of allylic oxidation sites excluding steroid dienone is 2. The standard InChI is InChI=1S/C25H28N4O2/c1-3-5-6-11-20-19(25(30)29(27-20)23-14-9-10-17-26-23)15-16-24-28(18-4-2)21-12-7-8-13-22(21)31-24/h7-10,12-17H,3-6,11,18H2,1-2H3/b19-15+,24-16+. The van der Waals surface area contributed by atoms with E-state index in [1.54, 1.807) is 12.3 Å². The van der Waals surface area contributed by atoms with Crippen LogP contribution >= 0.6 is 0 Å². The Hall–Kier alpha value is -3.41.